The lowest BCUT2D eigenvalue weighted by Gasteiger charge is -2.17. The zero-order valence-corrected chi connectivity index (χ0v) is 13.8. The molecular weight excluding hydrogens is 369 g/mol. The van der Waals surface area contributed by atoms with Gasteiger partial charge in [-0.2, -0.15) is 13.2 Å². The zero-order chi connectivity index (χ0) is 19.9. The molecule has 0 saturated heterocycles. The first-order valence-electron chi connectivity index (χ1n) is 7.65. The maximum Gasteiger partial charge on any atom is 0.405 e. The van der Waals surface area contributed by atoms with Gasteiger partial charge in [-0.3, -0.25) is 9.59 Å². The third-order valence-electron chi connectivity index (χ3n) is 3.22. The highest BCUT2D eigenvalue weighted by Gasteiger charge is 2.29. The molecular formula is C17H15F3N2O5. The molecule has 2 N–H and O–H groups in total. The molecule has 0 aliphatic rings. The smallest absolute Gasteiger partial charge is 0.405 e. The predicted molar refractivity (Wildman–Crippen MR) is 85.4 cm³/mol. The molecule has 2 aromatic rings. The summed E-state index contributed by atoms with van der Waals surface area (Å²) in [5, 5.41) is 3.97. The van der Waals surface area contributed by atoms with Crippen LogP contribution in [0, 0.1) is 0 Å². The molecule has 10 heteroatoms. The number of alkyl halides is 3. The fraction of sp³-hybridized carbons (Fsp3) is 0.235. The van der Waals surface area contributed by atoms with E-state index in [0.29, 0.717) is 5.56 Å². The van der Waals surface area contributed by atoms with Crippen molar-refractivity contribution in [3.05, 3.63) is 60.1 Å². The van der Waals surface area contributed by atoms with E-state index in [0.717, 1.165) is 0 Å². The van der Waals surface area contributed by atoms with Gasteiger partial charge in [-0.1, -0.05) is 30.3 Å². The van der Waals surface area contributed by atoms with Crippen molar-refractivity contribution in [1.29, 1.82) is 0 Å². The molecule has 0 aliphatic carbocycles. The van der Waals surface area contributed by atoms with Crippen molar-refractivity contribution >= 4 is 17.8 Å². The Kier molecular flexibility index (Phi) is 6.58. The number of carbonyl (C=O) groups excluding carboxylic acids is 3. The van der Waals surface area contributed by atoms with Crippen LogP contribution in [0.4, 0.5) is 13.2 Å². The van der Waals surface area contributed by atoms with E-state index in [1.807, 2.05) is 0 Å². The molecule has 1 heterocycles. The van der Waals surface area contributed by atoms with Gasteiger partial charge in [0, 0.05) is 0 Å². The number of furan rings is 1. The topological polar surface area (TPSA) is 97.6 Å². The van der Waals surface area contributed by atoms with Crippen LogP contribution in [0.2, 0.25) is 0 Å². The van der Waals surface area contributed by atoms with Crippen LogP contribution in [0.25, 0.3) is 0 Å². The second-order valence-electron chi connectivity index (χ2n) is 5.29. The summed E-state index contributed by atoms with van der Waals surface area (Å²) in [6.07, 6.45) is -3.31. The number of halogens is 3. The molecule has 0 bridgehead atoms. The lowest BCUT2D eigenvalue weighted by atomic mass is 10.1. The van der Waals surface area contributed by atoms with E-state index < -0.39 is 43.2 Å². The van der Waals surface area contributed by atoms with E-state index in [1.54, 1.807) is 23.5 Å². The number of benzene rings is 1. The fourth-order valence-corrected chi connectivity index (χ4v) is 2.00. The van der Waals surface area contributed by atoms with Gasteiger partial charge in [0.25, 0.3) is 11.8 Å². The van der Waals surface area contributed by atoms with Crippen molar-refractivity contribution in [2.24, 2.45) is 0 Å². The summed E-state index contributed by atoms with van der Waals surface area (Å²) in [7, 11) is 0. The van der Waals surface area contributed by atoms with Gasteiger partial charge in [-0.05, 0) is 17.7 Å². The minimum atomic E-state index is -4.58. The first-order valence-corrected chi connectivity index (χ1v) is 7.65. The number of nitrogens with one attached hydrogen (secondary N) is 2. The summed E-state index contributed by atoms with van der Waals surface area (Å²) < 4.78 is 45.9. The highest BCUT2D eigenvalue weighted by atomic mass is 19.4. The van der Waals surface area contributed by atoms with Crippen molar-refractivity contribution < 1.29 is 36.7 Å². The van der Waals surface area contributed by atoms with Crippen LogP contribution in [0.1, 0.15) is 22.2 Å². The molecule has 144 valence electrons. The summed E-state index contributed by atoms with van der Waals surface area (Å²) in [5.41, 5.74) is 0.359. The third-order valence-corrected chi connectivity index (χ3v) is 3.22. The molecule has 0 radical (unpaired) electrons. The number of ether oxygens (including phenoxy) is 1. The van der Waals surface area contributed by atoms with Gasteiger partial charge in [0.05, 0.1) is 6.26 Å². The standard InChI is InChI=1S/C17H15F3N2O5/c18-17(19,20)10-21-13(23)9-27-16(25)14(11-5-2-1-3-6-11)22-15(24)12-7-4-8-26-12/h1-8,14H,9-10H2,(H,21,23)(H,22,24). The molecule has 0 saturated carbocycles. The maximum absolute atomic E-state index is 12.3. The molecule has 1 aromatic carbocycles. The predicted octanol–water partition coefficient (Wildman–Crippen LogP) is 1.97. The van der Waals surface area contributed by atoms with Crippen LogP contribution in [-0.4, -0.2) is 37.1 Å². The van der Waals surface area contributed by atoms with Crippen LogP contribution in [0.5, 0.6) is 0 Å². The molecule has 7 nitrogen and oxygen atoms in total. The van der Waals surface area contributed by atoms with Crippen molar-refractivity contribution in [1.82, 2.24) is 10.6 Å². The van der Waals surface area contributed by atoms with Gasteiger partial charge >= 0.3 is 12.1 Å². The van der Waals surface area contributed by atoms with Gasteiger partial charge < -0.3 is 19.8 Å². The highest BCUT2D eigenvalue weighted by molar-refractivity contribution is 5.95. The van der Waals surface area contributed by atoms with Gasteiger partial charge in [-0.15, -0.1) is 0 Å². The molecule has 2 amide bonds. The maximum atomic E-state index is 12.3. The third kappa shape index (κ3) is 6.49. The monoisotopic (exact) mass is 384 g/mol. The zero-order valence-electron chi connectivity index (χ0n) is 13.8. The molecule has 1 aromatic heterocycles. The first-order chi connectivity index (χ1) is 12.8. The normalized spacial score (nSPS) is 12.1. The van der Waals surface area contributed by atoms with Gasteiger partial charge in [0.1, 0.15) is 6.54 Å². The SMILES string of the molecule is O=C(COC(=O)C(NC(=O)c1ccco1)c1ccccc1)NCC(F)(F)F. The largest absolute Gasteiger partial charge is 0.459 e. The van der Waals surface area contributed by atoms with E-state index in [2.05, 4.69) is 5.32 Å². The molecule has 1 unspecified atom stereocenters. The van der Waals surface area contributed by atoms with E-state index in [9.17, 15) is 27.6 Å². The number of hydrogen-bond donors (Lipinski definition) is 2. The van der Waals surface area contributed by atoms with Gasteiger partial charge in [0.15, 0.2) is 18.4 Å². The quantitative estimate of drug-likeness (QED) is 0.712. The number of hydrogen-bond acceptors (Lipinski definition) is 5. The Bertz CT molecular complexity index is 776. The number of rotatable bonds is 7. The summed E-state index contributed by atoms with van der Waals surface area (Å²) in [5.74, 6) is -2.88. The van der Waals surface area contributed by atoms with Crippen LogP contribution < -0.4 is 10.6 Å². The first kappa shape index (κ1) is 20.0. The Labute approximate surface area is 151 Å². The summed E-state index contributed by atoms with van der Waals surface area (Å²) in [4.78, 5) is 35.8. The van der Waals surface area contributed by atoms with Gasteiger partial charge in [0.2, 0.25) is 0 Å². The Hall–Kier alpha value is -3.30. The van der Waals surface area contributed by atoms with Crippen LogP contribution >= 0.6 is 0 Å². The molecule has 1 atom stereocenters. The van der Waals surface area contributed by atoms with Crippen molar-refractivity contribution in [3.63, 3.8) is 0 Å². The summed E-state index contributed by atoms with van der Waals surface area (Å²) >= 11 is 0. The average Bonchev–Trinajstić information content (AvgIpc) is 3.17. The number of carbonyl (C=O) groups is 3. The second kappa shape index (κ2) is 8.88. The average molecular weight is 384 g/mol. The Morgan fingerprint density at radius 3 is 2.37 bits per heavy atom. The minimum absolute atomic E-state index is 0.0494. The molecule has 0 spiro atoms. The van der Waals surface area contributed by atoms with Crippen molar-refractivity contribution in [2.75, 3.05) is 13.2 Å². The van der Waals surface area contributed by atoms with Crippen molar-refractivity contribution in [3.8, 4) is 0 Å². The van der Waals surface area contributed by atoms with E-state index in [1.165, 1.54) is 30.5 Å². The molecule has 2 rings (SSSR count). The molecule has 27 heavy (non-hydrogen) atoms. The number of amides is 2. The fourth-order valence-electron chi connectivity index (χ4n) is 2.00. The van der Waals surface area contributed by atoms with Crippen LogP contribution in [-0.2, 0) is 14.3 Å². The molecule has 0 aliphatic heterocycles. The van der Waals surface area contributed by atoms with Gasteiger partial charge in [-0.25, -0.2) is 4.79 Å². The Morgan fingerprint density at radius 1 is 1.07 bits per heavy atom. The van der Waals surface area contributed by atoms with Crippen LogP contribution in [0.15, 0.2) is 53.1 Å². The lowest BCUT2D eigenvalue weighted by Crippen LogP contribution is -2.39. The number of esters is 1. The molecule has 0 fully saturated rings. The second-order valence-corrected chi connectivity index (χ2v) is 5.29. The van der Waals surface area contributed by atoms with Crippen molar-refractivity contribution in [2.45, 2.75) is 12.2 Å². The van der Waals surface area contributed by atoms with Crippen LogP contribution in [0.3, 0.4) is 0 Å². The summed E-state index contributed by atoms with van der Waals surface area (Å²) in [6.45, 7) is -2.46. The highest BCUT2D eigenvalue weighted by Crippen LogP contribution is 2.16. The Balaban J connectivity index is 2.01. The Morgan fingerprint density at radius 2 is 1.78 bits per heavy atom. The minimum Gasteiger partial charge on any atom is -0.459 e. The lowest BCUT2D eigenvalue weighted by molar-refractivity contribution is -0.153. The summed E-state index contributed by atoms with van der Waals surface area (Å²) in [6, 6.07) is 9.58. The van der Waals surface area contributed by atoms with E-state index in [4.69, 9.17) is 9.15 Å². The van der Waals surface area contributed by atoms with E-state index in [-0.39, 0.29) is 5.76 Å². The van der Waals surface area contributed by atoms with E-state index >= 15 is 0 Å².